The van der Waals surface area contributed by atoms with E-state index in [-0.39, 0.29) is 6.09 Å². The van der Waals surface area contributed by atoms with E-state index >= 15 is 0 Å². The van der Waals surface area contributed by atoms with E-state index in [1.54, 1.807) is 0 Å². The quantitative estimate of drug-likeness (QED) is 0.664. The van der Waals surface area contributed by atoms with E-state index in [0.29, 0.717) is 13.2 Å². The van der Waals surface area contributed by atoms with Crippen LogP contribution in [0.5, 0.6) is 0 Å². The second kappa shape index (κ2) is 7.62. The minimum absolute atomic E-state index is 0.333. The Hall–Kier alpha value is -3.28. The fourth-order valence-electron chi connectivity index (χ4n) is 3.73. The van der Waals surface area contributed by atoms with Crippen LogP contribution in [0.3, 0.4) is 0 Å². The predicted octanol–water partition coefficient (Wildman–Crippen LogP) is 4.12. The molecule has 6 heteroatoms. The first-order valence-electron chi connectivity index (χ1n) is 9.81. The Kier molecular flexibility index (Phi) is 5.01. The molecule has 2 aromatic carbocycles. The minimum Gasteiger partial charge on any atom is -0.447 e. The molecule has 2 N–H and O–H groups in total. The molecular weight excluding hydrogens is 364 g/mol. The number of hydrogen-bond acceptors (Lipinski definition) is 4. The molecule has 0 spiro atoms. The molecule has 1 saturated heterocycles. The van der Waals surface area contributed by atoms with Crippen molar-refractivity contribution in [3.05, 3.63) is 82.7 Å². The first kappa shape index (κ1) is 19.1. The highest BCUT2D eigenvalue weighted by atomic mass is 16.6. The van der Waals surface area contributed by atoms with Crippen molar-refractivity contribution in [1.82, 2.24) is 15.1 Å². The van der Waals surface area contributed by atoms with Crippen molar-refractivity contribution in [2.75, 3.05) is 11.9 Å². The summed E-state index contributed by atoms with van der Waals surface area (Å²) >= 11 is 0. The molecule has 3 aromatic rings. The van der Waals surface area contributed by atoms with Crippen molar-refractivity contribution in [3.8, 4) is 0 Å². The number of nitrogens with one attached hydrogen (secondary N) is 2. The number of alkyl carbamates (subject to hydrolysis) is 1. The third-order valence-corrected chi connectivity index (χ3v) is 5.55. The van der Waals surface area contributed by atoms with Crippen LogP contribution in [0.15, 0.2) is 54.6 Å². The Morgan fingerprint density at radius 3 is 2.69 bits per heavy atom. The molecule has 1 aliphatic heterocycles. The summed E-state index contributed by atoms with van der Waals surface area (Å²) in [5, 5.41) is 11.1. The normalized spacial score (nSPS) is 18.4. The Morgan fingerprint density at radius 1 is 1.17 bits per heavy atom. The number of carbonyl (C=O) groups excluding carboxylic acids is 1. The summed E-state index contributed by atoms with van der Waals surface area (Å²) in [5.41, 5.74) is 6.15. The van der Waals surface area contributed by atoms with Crippen molar-refractivity contribution in [1.29, 1.82) is 0 Å². The molecule has 1 fully saturated rings. The molecule has 0 saturated carbocycles. The summed E-state index contributed by atoms with van der Waals surface area (Å²) in [6, 6.07) is 18.5. The molecule has 29 heavy (non-hydrogen) atoms. The summed E-state index contributed by atoms with van der Waals surface area (Å²) in [6.07, 6.45) is -0.372. The minimum atomic E-state index is -0.499. The van der Waals surface area contributed by atoms with Gasteiger partial charge in [-0.15, -0.1) is 0 Å². The molecule has 1 amide bonds. The number of rotatable bonds is 6. The van der Waals surface area contributed by atoms with E-state index in [0.717, 1.165) is 23.5 Å². The maximum atomic E-state index is 11.5. The molecule has 1 unspecified atom stereocenters. The van der Waals surface area contributed by atoms with Gasteiger partial charge in [-0.05, 0) is 44.0 Å². The maximum Gasteiger partial charge on any atom is 0.408 e. The molecule has 6 nitrogen and oxygen atoms in total. The molecule has 4 rings (SSSR count). The van der Waals surface area contributed by atoms with Gasteiger partial charge in [-0.3, -0.25) is 4.68 Å². The van der Waals surface area contributed by atoms with E-state index in [1.165, 1.54) is 16.8 Å². The Morgan fingerprint density at radius 2 is 1.97 bits per heavy atom. The van der Waals surface area contributed by atoms with Crippen molar-refractivity contribution < 1.29 is 9.53 Å². The number of amides is 1. The number of anilines is 1. The summed E-state index contributed by atoms with van der Waals surface area (Å²) in [7, 11) is 0. The van der Waals surface area contributed by atoms with Gasteiger partial charge in [0.15, 0.2) is 0 Å². The molecule has 150 valence electrons. The second-order valence-electron chi connectivity index (χ2n) is 7.76. The third kappa shape index (κ3) is 3.97. The van der Waals surface area contributed by atoms with Gasteiger partial charge in [0.25, 0.3) is 0 Å². The third-order valence-electron chi connectivity index (χ3n) is 5.55. The van der Waals surface area contributed by atoms with Crippen LogP contribution in [0.4, 0.5) is 10.5 Å². The van der Waals surface area contributed by atoms with Gasteiger partial charge in [0, 0.05) is 23.5 Å². The van der Waals surface area contributed by atoms with E-state index in [1.807, 2.05) is 38.1 Å². The van der Waals surface area contributed by atoms with Gasteiger partial charge < -0.3 is 15.4 Å². The fourth-order valence-corrected chi connectivity index (χ4v) is 3.73. The number of nitrogens with zero attached hydrogens (tertiary/aromatic N) is 2. The van der Waals surface area contributed by atoms with Gasteiger partial charge >= 0.3 is 6.09 Å². The molecule has 0 bridgehead atoms. The standard InChI is InChI=1S/C23H26N4O2/c1-16-21(17(2)27(26-16)14-18-8-5-4-6-9-18)13-24-20-11-7-10-19(12-20)23(3)15-29-22(28)25-23/h4-12,24H,13-15H2,1-3H3,(H,25,28). The number of aryl methyl sites for hydroxylation is 1. The SMILES string of the molecule is Cc1nn(Cc2ccccc2)c(C)c1CNc1cccc(C2(C)COC(=O)N2)c1. The van der Waals surface area contributed by atoms with Gasteiger partial charge in [0.2, 0.25) is 0 Å². The van der Waals surface area contributed by atoms with Crippen LogP contribution in [0.2, 0.25) is 0 Å². The van der Waals surface area contributed by atoms with Gasteiger partial charge in [0.05, 0.1) is 17.8 Å². The fraction of sp³-hybridized carbons (Fsp3) is 0.304. The van der Waals surface area contributed by atoms with E-state index in [4.69, 9.17) is 9.84 Å². The molecule has 2 heterocycles. The number of aromatic nitrogens is 2. The van der Waals surface area contributed by atoms with Gasteiger partial charge in [-0.2, -0.15) is 5.10 Å². The molecule has 1 atom stereocenters. The Balaban J connectivity index is 1.48. The predicted molar refractivity (Wildman–Crippen MR) is 113 cm³/mol. The van der Waals surface area contributed by atoms with Crippen LogP contribution in [0.25, 0.3) is 0 Å². The Labute approximate surface area is 170 Å². The van der Waals surface area contributed by atoms with Gasteiger partial charge in [-0.25, -0.2) is 4.79 Å². The summed E-state index contributed by atoms with van der Waals surface area (Å²) in [6.45, 7) is 7.92. The molecule has 1 aromatic heterocycles. The van der Waals surface area contributed by atoms with Crippen LogP contribution in [0, 0.1) is 13.8 Å². The summed E-state index contributed by atoms with van der Waals surface area (Å²) < 4.78 is 7.15. The lowest BCUT2D eigenvalue weighted by molar-refractivity contribution is 0.173. The largest absolute Gasteiger partial charge is 0.447 e. The number of ether oxygens (including phenoxy) is 1. The van der Waals surface area contributed by atoms with Gasteiger partial charge in [0.1, 0.15) is 6.61 Å². The van der Waals surface area contributed by atoms with E-state index < -0.39 is 5.54 Å². The lowest BCUT2D eigenvalue weighted by Crippen LogP contribution is -2.37. The molecule has 0 radical (unpaired) electrons. The number of carbonyl (C=O) groups is 1. The first-order valence-corrected chi connectivity index (χ1v) is 9.81. The van der Waals surface area contributed by atoms with Crippen LogP contribution in [-0.4, -0.2) is 22.5 Å². The summed E-state index contributed by atoms with van der Waals surface area (Å²) in [4.78, 5) is 11.5. The van der Waals surface area contributed by atoms with Crippen LogP contribution in [0.1, 0.15) is 35.0 Å². The van der Waals surface area contributed by atoms with Crippen LogP contribution in [-0.2, 0) is 23.4 Å². The lowest BCUT2D eigenvalue weighted by atomic mass is 9.93. The Bertz CT molecular complexity index is 1030. The summed E-state index contributed by atoms with van der Waals surface area (Å²) in [5.74, 6) is 0. The lowest BCUT2D eigenvalue weighted by Gasteiger charge is -2.22. The smallest absolute Gasteiger partial charge is 0.408 e. The van der Waals surface area contributed by atoms with E-state index in [2.05, 4.69) is 52.6 Å². The molecule has 1 aliphatic rings. The van der Waals surface area contributed by atoms with Crippen LogP contribution < -0.4 is 10.6 Å². The number of hydrogen-bond donors (Lipinski definition) is 2. The van der Waals surface area contributed by atoms with Crippen molar-refractivity contribution >= 4 is 11.8 Å². The average Bonchev–Trinajstić information content (AvgIpc) is 3.20. The first-order chi connectivity index (χ1) is 13.9. The zero-order valence-electron chi connectivity index (χ0n) is 17.0. The number of benzene rings is 2. The van der Waals surface area contributed by atoms with Crippen LogP contribution >= 0.6 is 0 Å². The highest BCUT2D eigenvalue weighted by molar-refractivity contribution is 5.71. The maximum absolute atomic E-state index is 11.5. The highest BCUT2D eigenvalue weighted by Gasteiger charge is 2.36. The number of cyclic esters (lactones) is 1. The van der Waals surface area contributed by atoms with E-state index in [9.17, 15) is 4.79 Å². The molecular formula is C23H26N4O2. The van der Waals surface area contributed by atoms with Crippen molar-refractivity contribution in [3.63, 3.8) is 0 Å². The van der Waals surface area contributed by atoms with Crippen molar-refractivity contribution in [2.45, 2.75) is 39.4 Å². The second-order valence-corrected chi connectivity index (χ2v) is 7.76. The molecule has 0 aliphatic carbocycles. The van der Waals surface area contributed by atoms with Gasteiger partial charge in [-0.1, -0.05) is 42.5 Å². The zero-order chi connectivity index (χ0) is 20.4. The van der Waals surface area contributed by atoms with Crippen molar-refractivity contribution in [2.24, 2.45) is 0 Å². The monoisotopic (exact) mass is 390 g/mol. The topological polar surface area (TPSA) is 68.2 Å². The zero-order valence-corrected chi connectivity index (χ0v) is 17.0. The highest BCUT2D eigenvalue weighted by Crippen LogP contribution is 2.28. The average molecular weight is 390 g/mol.